The van der Waals surface area contributed by atoms with Gasteiger partial charge in [-0.25, -0.2) is 4.39 Å². The Morgan fingerprint density at radius 2 is 1.36 bits per heavy atom. The Morgan fingerprint density at radius 1 is 0.758 bits per heavy atom. The summed E-state index contributed by atoms with van der Waals surface area (Å²) in [7, 11) is 0. The highest BCUT2D eigenvalue weighted by atomic mass is 35.5. The van der Waals surface area contributed by atoms with Crippen LogP contribution in [0.2, 0.25) is 5.02 Å². The molecule has 1 aliphatic rings. The minimum atomic E-state index is -0.502. The first-order valence-corrected chi connectivity index (χ1v) is 10.8. The van der Waals surface area contributed by atoms with Crippen molar-refractivity contribution in [3.8, 4) is 0 Å². The molecule has 1 aliphatic heterocycles. The van der Waals surface area contributed by atoms with Crippen molar-refractivity contribution in [3.63, 3.8) is 0 Å². The summed E-state index contributed by atoms with van der Waals surface area (Å²) < 4.78 is 13.2. The Hall–Kier alpha value is -3.71. The van der Waals surface area contributed by atoms with Gasteiger partial charge in [0.15, 0.2) is 0 Å². The third-order valence-electron chi connectivity index (χ3n) is 5.44. The number of hydrogen-bond acceptors (Lipinski definition) is 3. The third kappa shape index (κ3) is 5.21. The molecule has 3 aromatic rings. The van der Waals surface area contributed by atoms with E-state index in [2.05, 4.69) is 5.32 Å². The zero-order valence-corrected chi connectivity index (χ0v) is 18.4. The average Bonchev–Trinajstić information content (AvgIpc) is 2.84. The minimum Gasteiger partial charge on any atom is -0.335 e. The number of piperazine rings is 1. The van der Waals surface area contributed by atoms with E-state index < -0.39 is 5.82 Å². The highest BCUT2D eigenvalue weighted by molar-refractivity contribution is 6.33. The van der Waals surface area contributed by atoms with Gasteiger partial charge in [-0.05, 0) is 54.6 Å². The van der Waals surface area contributed by atoms with Gasteiger partial charge < -0.3 is 15.1 Å². The molecule has 0 unspecified atom stereocenters. The highest BCUT2D eigenvalue weighted by Gasteiger charge is 2.26. The molecule has 0 aromatic heterocycles. The fourth-order valence-electron chi connectivity index (χ4n) is 3.62. The maximum absolute atomic E-state index is 13.2. The standard InChI is InChI=1S/C25H21ClFN3O3/c26-22-16-19(27)8-11-21(22)25(33)30-14-12-29(13-15-30)24(32)18-6-9-20(10-7-18)28-23(31)17-4-2-1-3-5-17/h1-11,16H,12-15H2,(H,28,31). The lowest BCUT2D eigenvalue weighted by Gasteiger charge is -2.35. The van der Waals surface area contributed by atoms with E-state index in [1.54, 1.807) is 58.3 Å². The quantitative estimate of drug-likeness (QED) is 0.623. The molecule has 1 heterocycles. The van der Waals surface area contributed by atoms with E-state index >= 15 is 0 Å². The van der Waals surface area contributed by atoms with E-state index in [4.69, 9.17) is 11.6 Å². The molecule has 6 nitrogen and oxygen atoms in total. The summed E-state index contributed by atoms with van der Waals surface area (Å²) in [4.78, 5) is 41.1. The smallest absolute Gasteiger partial charge is 0.255 e. The molecule has 3 amide bonds. The largest absolute Gasteiger partial charge is 0.335 e. The Morgan fingerprint density at radius 3 is 1.97 bits per heavy atom. The topological polar surface area (TPSA) is 69.7 Å². The van der Waals surface area contributed by atoms with Crippen LogP contribution < -0.4 is 5.32 Å². The highest BCUT2D eigenvalue weighted by Crippen LogP contribution is 2.20. The number of rotatable bonds is 4. The number of halogens is 2. The normalized spacial score (nSPS) is 13.5. The van der Waals surface area contributed by atoms with Crippen LogP contribution in [-0.4, -0.2) is 53.7 Å². The second kappa shape index (κ2) is 9.83. The second-order valence-corrected chi connectivity index (χ2v) is 8.01. The van der Waals surface area contributed by atoms with E-state index in [9.17, 15) is 18.8 Å². The van der Waals surface area contributed by atoms with E-state index in [1.807, 2.05) is 6.07 Å². The number of benzene rings is 3. The van der Waals surface area contributed by atoms with Crippen LogP contribution in [0, 0.1) is 5.82 Å². The molecule has 33 heavy (non-hydrogen) atoms. The molecule has 0 atom stereocenters. The van der Waals surface area contributed by atoms with Gasteiger partial charge in [-0.15, -0.1) is 0 Å². The Kier molecular flexibility index (Phi) is 6.70. The molecule has 0 aliphatic carbocycles. The van der Waals surface area contributed by atoms with Crippen LogP contribution in [0.1, 0.15) is 31.1 Å². The van der Waals surface area contributed by atoms with Gasteiger partial charge >= 0.3 is 0 Å². The Bertz CT molecular complexity index is 1180. The van der Waals surface area contributed by atoms with Crippen molar-refractivity contribution in [1.82, 2.24) is 9.80 Å². The first-order valence-electron chi connectivity index (χ1n) is 10.4. The van der Waals surface area contributed by atoms with Gasteiger partial charge in [0.05, 0.1) is 10.6 Å². The fourth-order valence-corrected chi connectivity index (χ4v) is 3.87. The van der Waals surface area contributed by atoms with Gasteiger partial charge in [-0.2, -0.15) is 0 Å². The molecule has 4 rings (SSSR count). The maximum Gasteiger partial charge on any atom is 0.255 e. The Balaban J connectivity index is 1.34. The molecular formula is C25H21ClFN3O3. The van der Waals surface area contributed by atoms with Gasteiger partial charge in [0, 0.05) is 43.0 Å². The maximum atomic E-state index is 13.2. The summed E-state index contributed by atoms with van der Waals surface area (Å²) in [5.41, 5.74) is 1.87. The molecule has 8 heteroatoms. The molecule has 168 valence electrons. The van der Waals surface area contributed by atoms with Crippen molar-refractivity contribution >= 4 is 35.0 Å². The van der Waals surface area contributed by atoms with Gasteiger partial charge in [0.2, 0.25) is 0 Å². The number of nitrogens with zero attached hydrogens (tertiary/aromatic N) is 2. The summed E-state index contributed by atoms with van der Waals surface area (Å²) in [6.45, 7) is 1.44. The number of carbonyl (C=O) groups is 3. The van der Waals surface area contributed by atoms with Crippen molar-refractivity contribution in [1.29, 1.82) is 0 Å². The monoisotopic (exact) mass is 465 g/mol. The van der Waals surface area contributed by atoms with E-state index in [1.165, 1.54) is 12.1 Å². The lowest BCUT2D eigenvalue weighted by Crippen LogP contribution is -2.50. The summed E-state index contributed by atoms with van der Waals surface area (Å²) in [6.07, 6.45) is 0. The number of anilines is 1. The van der Waals surface area contributed by atoms with Crippen molar-refractivity contribution in [2.24, 2.45) is 0 Å². The predicted molar refractivity (Wildman–Crippen MR) is 124 cm³/mol. The molecule has 1 fully saturated rings. The van der Waals surface area contributed by atoms with Gasteiger partial charge in [0.1, 0.15) is 5.82 Å². The molecule has 0 spiro atoms. The van der Waals surface area contributed by atoms with Crippen molar-refractivity contribution < 1.29 is 18.8 Å². The molecule has 0 bridgehead atoms. The van der Waals surface area contributed by atoms with Gasteiger partial charge in [0.25, 0.3) is 17.7 Å². The Labute approximate surface area is 195 Å². The van der Waals surface area contributed by atoms with E-state index in [0.717, 1.165) is 6.07 Å². The molecule has 0 saturated carbocycles. The fraction of sp³-hybridized carbons (Fsp3) is 0.160. The number of nitrogens with one attached hydrogen (secondary N) is 1. The zero-order valence-electron chi connectivity index (χ0n) is 17.6. The molecule has 1 saturated heterocycles. The minimum absolute atomic E-state index is 0.0675. The van der Waals surface area contributed by atoms with Crippen molar-refractivity contribution in [2.75, 3.05) is 31.5 Å². The summed E-state index contributed by atoms with van der Waals surface area (Å²) >= 11 is 6.00. The van der Waals surface area contributed by atoms with E-state index in [0.29, 0.717) is 43.0 Å². The van der Waals surface area contributed by atoms with Crippen LogP contribution in [0.5, 0.6) is 0 Å². The number of carbonyl (C=O) groups excluding carboxylic acids is 3. The summed E-state index contributed by atoms with van der Waals surface area (Å²) in [5.74, 6) is -1.16. The van der Waals surface area contributed by atoms with Crippen LogP contribution in [-0.2, 0) is 0 Å². The number of hydrogen-bond donors (Lipinski definition) is 1. The number of amides is 3. The zero-order chi connectivity index (χ0) is 23.4. The predicted octanol–water partition coefficient (Wildman–Crippen LogP) is 4.33. The molecular weight excluding hydrogens is 445 g/mol. The van der Waals surface area contributed by atoms with Crippen LogP contribution in [0.4, 0.5) is 10.1 Å². The first-order chi connectivity index (χ1) is 15.9. The van der Waals surface area contributed by atoms with Crippen LogP contribution in [0.25, 0.3) is 0 Å². The lowest BCUT2D eigenvalue weighted by molar-refractivity contribution is 0.0535. The van der Waals surface area contributed by atoms with Crippen LogP contribution in [0.3, 0.4) is 0 Å². The van der Waals surface area contributed by atoms with Gasteiger partial charge in [-0.1, -0.05) is 29.8 Å². The van der Waals surface area contributed by atoms with Crippen molar-refractivity contribution in [2.45, 2.75) is 0 Å². The van der Waals surface area contributed by atoms with Crippen LogP contribution in [0.15, 0.2) is 72.8 Å². The van der Waals surface area contributed by atoms with E-state index in [-0.39, 0.29) is 28.3 Å². The third-order valence-corrected chi connectivity index (χ3v) is 5.75. The van der Waals surface area contributed by atoms with Gasteiger partial charge in [-0.3, -0.25) is 14.4 Å². The summed E-state index contributed by atoms with van der Waals surface area (Å²) in [6, 6.07) is 19.2. The second-order valence-electron chi connectivity index (χ2n) is 7.61. The summed E-state index contributed by atoms with van der Waals surface area (Å²) in [5, 5.41) is 2.87. The van der Waals surface area contributed by atoms with Crippen molar-refractivity contribution in [3.05, 3.63) is 100 Å². The lowest BCUT2D eigenvalue weighted by atomic mass is 10.1. The SMILES string of the molecule is O=C(Nc1ccc(C(=O)N2CCN(C(=O)c3ccc(F)cc3Cl)CC2)cc1)c1ccccc1. The molecule has 1 N–H and O–H groups in total. The van der Waals surface area contributed by atoms with Crippen LogP contribution >= 0.6 is 11.6 Å². The molecule has 0 radical (unpaired) electrons. The first kappa shape index (κ1) is 22.5. The molecule has 3 aromatic carbocycles. The average molecular weight is 466 g/mol.